The molecule has 0 spiro atoms. The minimum atomic E-state index is -0.233. The van der Waals surface area contributed by atoms with Gasteiger partial charge in [0.15, 0.2) is 0 Å². The van der Waals surface area contributed by atoms with Gasteiger partial charge in [0.2, 0.25) is 11.1 Å². The third-order valence-electron chi connectivity index (χ3n) is 2.60. The first kappa shape index (κ1) is 15.0. The highest BCUT2D eigenvalue weighted by molar-refractivity contribution is 9.10. The van der Waals surface area contributed by atoms with Crippen LogP contribution in [0.3, 0.4) is 0 Å². The number of aryl methyl sites for hydroxylation is 1. The standard InChI is InChI=1S/C12H14BrN5OS/c1-3-10(20-12-15-16-17-18(12)2)11(19)14-9-6-4-8(13)5-7-9/h4-7,10H,3H2,1-2H3,(H,14,19)/t10-/m1/s1. The van der Waals surface area contributed by atoms with Crippen molar-refractivity contribution in [1.82, 2.24) is 20.2 Å². The van der Waals surface area contributed by atoms with E-state index in [1.165, 1.54) is 11.8 Å². The van der Waals surface area contributed by atoms with Crippen LogP contribution in [0.25, 0.3) is 0 Å². The van der Waals surface area contributed by atoms with E-state index in [-0.39, 0.29) is 11.2 Å². The zero-order chi connectivity index (χ0) is 14.5. The highest BCUT2D eigenvalue weighted by Crippen LogP contribution is 2.24. The summed E-state index contributed by atoms with van der Waals surface area (Å²) in [6.07, 6.45) is 0.694. The Bertz CT molecular complexity index is 586. The van der Waals surface area contributed by atoms with Gasteiger partial charge in [-0.3, -0.25) is 4.79 Å². The Hall–Kier alpha value is -1.41. The Labute approximate surface area is 129 Å². The first-order valence-corrected chi connectivity index (χ1v) is 7.73. The topological polar surface area (TPSA) is 72.7 Å². The smallest absolute Gasteiger partial charge is 0.237 e. The average Bonchev–Trinajstić information content (AvgIpc) is 2.84. The number of anilines is 1. The molecule has 1 amide bonds. The molecule has 8 heteroatoms. The molecule has 0 unspecified atom stereocenters. The predicted molar refractivity (Wildman–Crippen MR) is 81.5 cm³/mol. The van der Waals surface area contributed by atoms with E-state index in [2.05, 4.69) is 36.8 Å². The van der Waals surface area contributed by atoms with Crippen LogP contribution in [-0.4, -0.2) is 31.4 Å². The number of aromatic nitrogens is 4. The zero-order valence-corrected chi connectivity index (χ0v) is 13.5. The van der Waals surface area contributed by atoms with Crippen molar-refractivity contribution in [3.63, 3.8) is 0 Å². The Kier molecular flexibility index (Phi) is 5.13. The number of hydrogen-bond acceptors (Lipinski definition) is 5. The lowest BCUT2D eigenvalue weighted by molar-refractivity contribution is -0.115. The lowest BCUT2D eigenvalue weighted by Gasteiger charge is -2.13. The summed E-state index contributed by atoms with van der Waals surface area (Å²) in [6, 6.07) is 7.47. The van der Waals surface area contributed by atoms with E-state index in [9.17, 15) is 4.79 Å². The summed E-state index contributed by atoms with van der Waals surface area (Å²) in [6.45, 7) is 1.96. The molecule has 6 nitrogen and oxygen atoms in total. The van der Waals surface area contributed by atoms with E-state index in [0.29, 0.717) is 11.6 Å². The van der Waals surface area contributed by atoms with Crippen molar-refractivity contribution in [3.05, 3.63) is 28.7 Å². The quantitative estimate of drug-likeness (QED) is 0.834. The Balaban J connectivity index is 2.02. The number of carbonyl (C=O) groups is 1. The second-order valence-corrected chi connectivity index (χ2v) is 6.18. The summed E-state index contributed by atoms with van der Waals surface area (Å²) in [5.41, 5.74) is 0.772. The number of rotatable bonds is 5. The van der Waals surface area contributed by atoms with Crippen molar-refractivity contribution in [3.8, 4) is 0 Å². The molecule has 2 rings (SSSR count). The van der Waals surface area contributed by atoms with Crippen LogP contribution in [0.5, 0.6) is 0 Å². The molecule has 1 N–H and O–H groups in total. The number of amides is 1. The number of thioether (sulfide) groups is 1. The fourth-order valence-electron chi connectivity index (χ4n) is 1.53. The highest BCUT2D eigenvalue weighted by Gasteiger charge is 2.20. The van der Waals surface area contributed by atoms with E-state index in [0.717, 1.165) is 10.2 Å². The van der Waals surface area contributed by atoms with Gasteiger partial charge >= 0.3 is 0 Å². The fraction of sp³-hybridized carbons (Fsp3) is 0.333. The van der Waals surface area contributed by atoms with Gasteiger partial charge in [-0.1, -0.05) is 34.6 Å². The minimum absolute atomic E-state index is 0.0529. The second kappa shape index (κ2) is 6.85. The summed E-state index contributed by atoms with van der Waals surface area (Å²) in [7, 11) is 1.75. The molecular formula is C12H14BrN5OS. The molecule has 0 fully saturated rings. The summed E-state index contributed by atoms with van der Waals surface area (Å²) in [5, 5.41) is 14.5. The van der Waals surface area contributed by atoms with Gasteiger partial charge in [0, 0.05) is 17.2 Å². The van der Waals surface area contributed by atoms with E-state index >= 15 is 0 Å². The molecule has 1 aromatic carbocycles. The van der Waals surface area contributed by atoms with E-state index in [1.807, 2.05) is 31.2 Å². The molecule has 0 aliphatic rings. The monoisotopic (exact) mass is 355 g/mol. The molecule has 2 aromatic rings. The van der Waals surface area contributed by atoms with Gasteiger partial charge in [-0.15, -0.1) is 5.10 Å². The maximum absolute atomic E-state index is 12.2. The predicted octanol–water partition coefficient (Wildman–Crippen LogP) is 2.48. The summed E-state index contributed by atoms with van der Waals surface area (Å²) >= 11 is 4.72. The number of nitrogens with zero attached hydrogens (tertiary/aromatic N) is 4. The summed E-state index contributed by atoms with van der Waals surface area (Å²) < 4.78 is 2.53. The highest BCUT2D eigenvalue weighted by atomic mass is 79.9. The van der Waals surface area contributed by atoms with Crippen molar-refractivity contribution in [2.45, 2.75) is 23.8 Å². The normalized spacial score (nSPS) is 12.2. The molecule has 0 aliphatic heterocycles. The Morgan fingerprint density at radius 1 is 1.45 bits per heavy atom. The van der Waals surface area contributed by atoms with Crippen molar-refractivity contribution < 1.29 is 4.79 Å². The number of nitrogens with one attached hydrogen (secondary N) is 1. The lowest BCUT2D eigenvalue weighted by atomic mass is 10.3. The molecule has 106 valence electrons. The molecule has 1 aromatic heterocycles. The first-order valence-electron chi connectivity index (χ1n) is 6.05. The van der Waals surface area contributed by atoms with Crippen molar-refractivity contribution >= 4 is 39.3 Å². The first-order chi connectivity index (χ1) is 9.60. The number of halogens is 1. The summed E-state index contributed by atoms with van der Waals surface area (Å²) in [5.74, 6) is -0.0529. The maximum Gasteiger partial charge on any atom is 0.237 e. The molecule has 1 heterocycles. The molecule has 0 aliphatic carbocycles. The van der Waals surface area contributed by atoms with E-state index < -0.39 is 0 Å². The number of carbonyl (C=O) groups excluding carboxylic acids is 1. The Morgan fingerprint density at radius 3 is 2.70 bits per heavy atom. The van der Waals surface area contributed by atoms with Crippen LogP contribution >= 0.6 is 27.7 Å². The third kappa shape index (κ3) is 3.80. The number of tetrazole rings is 1. The SMILES string of the molecule is CC[C@@H](Sc1nnnn1C)C(=O)Nc1ccc(Br)cc1. The molecule has 0 radical (unpaired) electrons. The molecule has 0 bridgehead atoms. The van der Waals surface area contributed by atoms with Crippen LogP contribution in [0, 0.1) is 0 Å². The average molecular weight is 356 g/mol. The van der Waals surface area contributed by atoms with Gasteiger partial charge in [-0.25, -0.2) is 4.68 Å². The van der Waals surface area contributed by atoms with Crippen LogP contribution in [0.1, 0.15) is 13.3 Å². The zero-order valence-electron chi connectivity index (χ0n) is 11.1. The van der Waals surface area contributed by atoms with Crippen LogP contribution < -0.4 is 5.32 Å². The van der Waals surface area contributed by atoms with E-state index in [1.54, 1.807) is 11.7 Å². The molecule has 20 heavy (non-hydrogen) atoms. The van der Waals surface area contributed by atoms with Gasteiger partial charge in [-0.05, 0) is 41.1 Å². The van der Waals surface area contributed by atoms with Gasteiger partial charge in [0.1, 0.15) is 0 Å². The van der Waals surface area contributed by atoms with Crippen LogP contribution in [-0.2, 0) is 11.8 Å². The lowest BCUT2D eigenvalue weighted by Crippen LogP contribution is -2.25. The molecule has 0 saturated carbocycles. The van der Waals surface area contributed by atoms with Gasteiger partial charge in [-0.2, -0.15) is 0 Å². The van der Waals surface area contributed by atoms with Crippen molar-refractivity contribution in [2.75, 3.05) is 5.32 Å². The van der Waals surface area contributed by atoms with Crippen LogP contribution in [0.4, 0.5) is 5.69 Å². The molecule has 1 atom stereocenters. The Morgan fingerprint density at radius 2 is 2.15 bits per heavy atom. The number of hydrogen-bond donors (Lipinski definition) is 1. The van der Waals surface area contributed by atoms with Crippen LogP contribution in [0.2, 0.25) is 0 Å². The second-order valence-electron chi connectivity index (χ2n) is 4.10. The van der Waals surface area contributed by atoms with Gasteiger partial charge in [0.05, 0.1) is 5.25 Å². The summed E-state index contributed by atoms with van der Waals surface area (Å²) in [4.78, 5) is 12.2. The van der Waals surface area contributed by atoms with Gasteiger partial charge < -0.3 is 5.32 Å². The minimum Gasteiger partial charge on any atom is -0.325 e. The van der Waals surface area contributed by atoms with Crippen molar-refractivity contribution in [2.24, 2.45) is 7.05 Å². The van der Waals surface area contributed by atoms with Gasteiger partial charge in [0.25, 0.3) is 0 Å². The number of benzene rings is 1. The largest absolute Gasteiger partial charge is 0.325 e. The molecule has 0 saturated heterocycles. The van der Waals surface area contributed by atoms with E-state index in [4.69, 9.17) is 0 Å². The van der Waals surface area contributed by atoms with Crippen molar-refractivity contribution in [1.29, 1.82) is 0 Å². The third-order valence-corrected chi connectivity index (χ3v) is 4.52. The maximum atomic E-state index is 12.2. The van der Waals surface area contributed by atoms with Crippen LogP contribution in [0.15, 0.2) is 33.9 Å². The fourth-order valence-corrected chi connectivity index (χ4v) is 2.65. The molecular weight excluding hydrogens is 342 g/mol.